The van der Waals surface area contributed by atoms with Crippen LogP contribution < -0.4 is 10.6 Å². The molecule has 1 aromatic heterocycles. The Morgan fingerprint density at radius 3 is 2.33 bits per heavy atom. The van der Waals surface area contributed by atoms with Gasteiger partial charge in [-0.2, -0.15) is 0 Å². The molecule has 286 valence electrons. The number of hydrogen-bond donors (Lipinski definition) is 3. The molecule has 1 aromatic carbocycles. The summed E-state index contributed by atoms with van der Waals surface area (Å²) in [5, 5.41) is 16.3. The van der Waals surface area contributed by atoms with E-state index in [0.717, 1.165) is 21.7 Å². The van der Waals surface area contributed by atoms with E-state index in [9.17, 15) is 28.7 Å². The number of likely N-dealkylation sites (tertiary alicyclic amines) is 1. The molecule has 3 aliphatic rings. The summed E-state index contributed by atoms with van der Waals surface area (Å²) in [7, 11) is 0. The molecule has 0 spiro atoms. The fraction of sp³-hybridized carbons (Fsp3) is 0.649. The molecular weight excluding hydrogens is 708 g/mol. The normalized spacial score (nSPS) is 21.7. The summed E-state index contributed by atoms with van der Waals surface area (Å²) in [6.07, 6.45) is -1.02. The van der Waals surface area contributed by atoms with Gasteiger partial charge in [0.25, 0.3) is 5.91 Å². The number of amides is 4. The second-order valence-corrected chi connectivity index (χ2v) is 18.7. The lowest BCUT2D eigenvalue weighted by Gasteiger charge is -2.40. The van der Waals surface area contributed by atoms with Gasteiger partial charge in [0.05, 0.1) is 22.2 Å². The zero-order chi connectivity index (χ0) is 38.0. The van der Waals surface area contributed by atoms with E-state index >= 15 is 0 Å². The summed E-state index contributed by atoms with van der Waals surface area (Å²) in [4.78, 5) is 64.2. The number of thiazole rings is 1. The van der Waals surface area contributed by atoms with Gasteiger partial charge in [-0.3, -0.25) is 19.3 Å². The first-order valence-corrected chi connectivity index (χ1v) is 19.7. The highest BCUT2D eigenvalue weighted by Gasteiger charge is 2.54. The predicted molar refractivity (Wildman–Crippen MR) is 201 cm³/mol. The van der Waals surface area contributed by atoms with Crippen LogP contribution in [0, 0.1) is 6.92 Å². The SMILES string of the molecule is Cc1ncsc1-c1ccc(CNC(=O)[C@@H]2C[C@@H](O)CN2C(=O)C(NC(=O)C2(F)CC2)C(C)(C)SC(C)CN2CCN(C(=O)OC(C)(C)C)CC2)cc1. The van der Waals surface area contributed by atoms with Gasteiger partial charge < -0.3 is 30.3 Å². The van der Waals surface area contributed by atoms with E-state index in [0.29, 0.717) is 32.7 Å². The van der Waals surface area contributed by atoms with Crippen LogP contribution in [0.5, 0.6) is 0 Å². The monoisotopic (exact) mass is 760 g/mol. The Hall–Kier alpha value is -3.27. The number of carbonyl (C=O) groups is 4. The van der Waals surface area contributed by atoms with Crippen molar-refractivity contribution >= 4 is 46.9 Å². The number of aryl methyl sites for hydroxylation is 1. The van der Waals surface area contributed by atoms with Gasteiger partial charge in [0.1, 0.15) is 17.7 Å². The van der Waals surface area contributed by atoms with Crippen molar-refractivity contribution in [3.63, 3.8) is 0 Å². The number of β-amino-alcohol motifs (C(OH)–C–C–N with tert-alkyl or cyclic N) is 1. The van der Waals surface area contributed by atoms with Crippen LogP contribution >= 0.6 is 23.1 Å². The summed E-state index contributed by atoms with van der Waals surface area (Å²) in [6, 6.07) is 5.70. The van der Waals surface area contributed by atoms with Crippen molar-refractivity contribution in [3.05, 3.63) is 41.0 Å². The van der Waals surface area contributed by atoms with E-state index in [2.05, 4.69) is 20.5 Å². The molecule has 4 atom stereocenters. The number of nitrogens with one attached hydrogen (secondary N) is 2. The molecule has 0 bridgehead atoms. The lowest BCUT2D eigenvalue weighted by atomic mass is 10.00. The third kappa shape index (κ3) is 10.0. The molecule has 4 amide bonds. The molecule has 2 aromatic rings. The van der Waals surface area contributed by atoms with Crippen LogP contribution in [0.25, 0.3) is 10.4 Å². The van der Waals surface area contributed by atoms with E-state index in [4.69, 9.17) is 4.74 Å². The minimum atomic E-state index is -2.01. The van der Waals surface area contributed by atoms with Gasteiger partial charge in [0, 0.05) is 62.2 Å². The molecule has 52 heavy (non-hydrogen) atoms. The zero-order valence-corrected chi connectivity index (χ0v) is 32.9. The van der Waals surface area contributed by atoms with Crippen molar-refractivity contribution in [1.82, 2.24) is 30.3 Å². The highest BCUT2D eigenvalue weighted by Crippen LogP contribution is 2.41. The Labute approximate surface area is 314 Å². The molecule has 12 nitrogen and oxygen atoms in total. The van der Waals surface area contributed by atoms with E-state index in [1.54, 1.807) is 21.7 Å². The number of aliphatic hydroxyl groups is 1. The smallest absolute Gasteiger partial charge is 0.410 e. The van der Waals surface area contributed by atoms with Crippen LogP contribution in [0.1, 0.15) is 72.1 Å². The molecule has 5 rings (SSSR count). The molecule has 15 heteroatoms. The number of benzene rings is 1. The van der Waals surface area contributed by atoms with E-state index in [1.807, 2.05) is 72.7 Å². The topological polar surface area (TPSA) is 144 Å². The lowest BCUT2D eigenvalue weighted by Crippen LogP contribution is -2.61. The quantitative estimate of drug-likeness (QED) is 0.291. The van der Waals surface area contributed by atoms with Crippen molar-refractivity contribution in [3.8, 4) is 10.4 Å². The Kier molecular flexibility index (Phi) is 12.3. The number of thioether (sulfide) groups is 1. The maximum atomic E-state index is 15.0. The number of nitrogens with zero attached hydrogens (tertiary/aromatic N) is 4. The molecule has 0 radical (unpaired) electrons. The van der Waals surface area contributed by atoms with Gasteiger partial charge in [0.2, 0.25) is 11.8 Å². The highest BCUT2D eigenvalue weighted by atomic mass is 32.2. The van der Waals surface area contributed by atoms with Crippen LogP contribution in [0.2, 0.25) is 0 Å². The summed E-state index contributed by atoms with van der Waals surface area (Å²) in [6.45, 7) is 16.4. The number of halogens is 1. The minimum Gasteiger partial charge on any atom is -0.444 e. The van der Waals surface area contributed by atoms with Crippen LogP contribution in [0.4, 0.5) is 9.18 Å². The first-order valence-electron chi connectivity index (χ1n) is 18.0. The first kappa shape index (κ1) is 39.9. The molecule has 1 aliphatic carbocycles. The van der Waals surface area contributed by atoms with Crippen LogP contribution in [0.15, 0.2) is 29.8 Å². The third-order valence-electron chi connectivity index (χ3n) is 9.65. The van der Waals surface area contributed by atoms with E-state index < -0.39 is 51.9 Å². The number of piperazine rings is 1. The van der Waals surface area contributed by atoms with Gasteiger partial charge >= 0.3 is 6.09 Å². The van der Waals surface area contributed by atoms with Crippen LogP contribution in [-0.4, -0.2) is 127 Å². The van der Waals surface area contributed by atoms with Crippen molar-refractivity contribution < 1.29 is 33.4 Å². The average molecular weight is 761 g/mol. The summed E-state index contributed by atoms with van der Waals surface area (Å²) in [5.74, 6) is -1.77. The van der Waals surface area contributed by atoms with E-state index in [1.165, 1.54) is 16.7 Å². The standard InChI is InChI=1S/C37H53FN6O6S2/c1-23(20-42-14-16-43(17-15-42)34(49)50-35(3,4)5)52-36(6,7)30(41-33(48)37(38)12-13-37)32(47)44-21-27(45)18-28(44)31(46)39-19-25-8-10-26(11-9-25)29-24(2)40-22-51-29/h8-11,22-23,27-28,30,45H,12-21H2,1-7H3,(H,39,46)(H,41,48)/t23?,27-,28+,30?/m1/s1. The fourth-order valence-corrected chi connectivity index (χ4v) is 9.12. The van der Waals surface area contributed by atoms with Crippen molar-refractivity contribution in [2.45, 2.75) is 114 Å². The minimum absolute atomic E-state index is 0.00909. The van der Waals surface area contributed by atoms with Gasteiger partial charge in [-0.1, -0.05) is 31.2 Å². The zero-order valence-electron chi connectivity index (χ0n) is 31.2. The predicted octanol–water partition coefficient (Wildman–Crippen LogP) is 4.14. The second kappa shape index (κ2) is 16.0. The molecule has 3 N–H and O–H groups in total. The summed E-state index contributed by atoms with van der Waals surface area (Å²) >= 11 is 3.06. The second-order valence-electron chi connectivity index (χ2n) is 15.7. The number of ether oxygens (including phenoxy) is 1. The molecular formula is C37H53FN6O6S2. The number of carbonyl (C=O) groups excluding carboxylic acids is 4. The largest absolute Gasteiger partial charge is 0.444 e. The maximum absolute atomic E-state index is 15.0. The molecule has 3 heterocycles. The van der Waals surface area contributed by atoms with Gasteiger partial charge in [-0.05, 0) is 65.5 Å². The number of aliphatic hydroxyl groups excluding tert-OH is 1. The molecule has 1 saturated carbocycles. The Balaban J connectivity index is 1.22. The number of aromatic nitrogens is 1. The van der Waals surface area contributed by atoms with Gasteiger partial charge in [-0.25, -0.2) is 14.2 Å². The third-order valence-corrected chi connectivity index (χ3v) is 12.0. The maximum Gasteiger partial charge on any atom is 0.410 e. The Bertz CT molecular complexity index is 1600. The molecule has 2 unspecified atom stereocenters. The Morgan fingerprint density at radius 1 is 1.10 bits per heavy atom. The molecule has 2 saturated heterocycles. The van der Waals surface area contributed by atoms with E-state index in [-0.39, 0.29) is 43.7 Å². The highest BCUT2D eigenvalue weighted by molar-refractivity contribution is 8.01. The van der Waals surface area contributed by atoms with Crippen molar-refractivity contribution in [2.75, 3.05) is 39.3 Å². The Morgan fingerprint density at radius 2 is 1.75 bits per heavy atom. The first-order chi connectivity index (χ1) is 24.3. The van der Waals surface area contributed by atoms with Crippen LogP contribution in [-0.2, 0) is 25.7 Å². The number of alkyl halides is 1. The fourth-order valence-electron chi connectivity index (χ4n) is 6.69. The molecule has 3 fully saturated rings. The van der Waals surface area contributed by atoms with Crippen molar-refractivity contribution in [2.24, 2.45) is 0 Å². The van der Waals surface area contributed by atoms with Crippen LogP contribution in [0.3, 0.4) is 0 Å². The number of rotatable bonds is 12. The van der Waals surface area contributed by atoms with Crippen molar-refractivity contribution in [1.29, 1.82) is 0 Å². The van der Waals surface area contributed by atoms with Gasteiger partial charge in [-0.15, -0.1) is 23.1 Å². The lowest BCUT2D eigenvalue weighted by molar-refractivity contribution is -0.143. The van der Waals surface area contributed by atoms with Gasteiger partial charge in [0.15, 0.2) is 5.67 Å². The molecule has 2 aliphatic heterocycles. The average Bonchev–Trinajstić information content (AvgIpc) is 3.48. The summed E-state index contributed by atoms with van der Waals surface area (Å²) in [5.41, 5.74) is 2.09. The number of hydrogen-bond acceptors (Lipinski definition) is 10. The summed E-state index contributed by atoms with van der Waals surface area (Å²) < 4.78 is 19.6.